The number of aromatic carboxylic acids is 1. The van der Waals surface area contributed by atoms with Crippen LogP contribution in [-0.4, -0.2) is 21.0 Å². The Hall–Kier alpha value is -2.51. The van der Waals surface area contributed by atoms with Gasteiger partial charge in [0.1, 0.15) is 5.01 Å². The molecule has 0 radical (unpaired) electrons. The highest BCUT2D eigenvalue weighted by atomic mass is 35.5. The molecule has 0 fully saturated rings. The van der Waals surface area contributed by atoms with Crippen molar-refractivity contribution in [2.75, 3.05) is 0 Å². The van der Waals surface area contributed by atoms with Gasteiger partial charge in [-0.15, -0.1) is 36.2 Å². The summed E-state index contributed by atoms with van der Waals surface area (Å²) >= 11 is 1.33. The smallest absolute Gasteiger partial charge is 0.355 e. The minimum Gasteiger partial charge on any atom is -0.476 e. The maximum Gasteiger partial charge on any atom is 0.355 e. The van der Waals surface area contributed by atoms with Crippen LogP contribution >= 0.6 is 36.2 Å². The molecule has 0 aliphatic heterocycles. The summed E-state index contributed by atoms with van der Waals surface area (Å²) < 4.78 is 0. The number of pyridine rings is 1. The van der Waals surface area contributed by atoms with Crippen molar-refractivity contribution in [3.63, 3.8) is 0 Å². The summed E-state index contributed by atoms with van der Waals surface area (Å²) in [6.45, 7) is 9.08. The van der Waals surface area contributed by atoms with Gasteiger partial charge in [-0.05, 0) is 53.6 Å². The van der Waals surface area contributed by atoms with Gasteiger partial charge in [0.05, 0.1) is 5.52 Å². The zero-order chi connectivity index (χ0) is 23.0. The summed E-state index contributed by atoms with van der Waals surface area (Å²) in [6.07, 6.45) is 0.824. The maximum atomic E-state index is 11.3. The van der Waals surface area contributed by atoms with Crippen LogP contribution in [0.1, 0.15) is 48.1 Å². The number of aromatic nitrogens is 2. The van der Waals surface area contributed by atoms with Gasteiger partial charge in [-0.2, -0.15) is 0 Å². The summed E-state index contributed by atoms with van der Waals surface area (Å²) in [5.41, 5.74) is 13.7. The minimum atomic E-state index is -1.02. The van der Waals surface area contributed by atoms with Crippen LogP contribution in [0.4, 0.5) is 0 Å². The minimum absolute atomic E-state index is 0. The molecule has 0 saturated heterocycles. The van der Waals surface area contributed by atoms with Crippen LogP contribution in [0.15, 0.2) is 47.8 Å². The van der Waals surface area contributed by atoms with E-state index in [1.54, 1.807) is 5.38 Å². The normalized spacial score (nSPS) is 11.1. The molecule has 0 bridgehead atoms. The van der Waals surface area contributed by atoms with Crippen molar-refractivity contribution in [3.05, 3.63) is 70.4 Å². The molecule has 0 aliphatic rings. The third-order valence-corrected chi connectivity index (χ3v) is 6.28. The molecule has 0 amide bonds. The fourth-order valence-corrected chi connectivity index (χ4v) is 4.70. The number of hydrogen-bond acceptors (Lipinski definition) is 5. The highest BCUT2D eigenvalue weighted by molar-refractivity contribution is 7.13. The lowest BCUT2D eigenvalue weighted by atomic mass is 9.85. The topological polar surface area (TPSA) is 89.1 Å². The predicted octanol–water partition coefficient (Wildman–Crippen LogP) is 6.92. The molecular weight excluding hydrogens is 489 g/mol. The second kappa shape index (κ2) is 10.8. The number of carboxylic acid groups (broad SMARTS) is 1. The van der Waals surface area contributed by atoms with Gasteiger partial charge in [0.25, 0.3) is 0 Å². The first-order valence-electron chi connectivity index (χ1n) is 10.6. The third kappa shape index (κ3) is 5.76. The van der Waals surface area contributed by atoms with E-state index in [4.69, 9.17) is 10.7 Å². The van der Waals surface area contributed by atoms with E-state index < -0.39 is 5.97 Å². The molecule has 8 heteroatoms. The molecule has 0 aliphatic carbocycles. The number of nitrogens with two attached hydrogens (primary N) is 1. The predicted molar refractivity (Wildman–Crippen MR) is 146 cm³/mol. The molecule has 3 N–H and O–H groups in total. The van der Waals surface area contributed by atoms with E-state index in [2.05, 4.69) is 63.0 Å². The standard InChI is InChI=1S/C26H27N3O2S.2ClH/c1-15-5-7-16(8-6-15)23-18-11-17(24-29-22(14-32-24)25(30)31)9-10-20(18)28-21(19(23)13-27)12-26(2,3)4;;/h5-11,14H,12-13,27H2,1-4H3,(H,30,31);2*1H. The Bertz CT molecular complexity index is 1310. The van der Waals surface area contributed by atoms with E-state index in [1.165, 1.54) is 16.9 Å². The van der Waals surface area contributed by atoms with Crippen LogP contribution in [0.25, 0.3) is 32.6 Å². The van der Waals surface area contributed by atoms with Crippen LogP contribution in [0.3, 0.4) is 0 Å². The molecule has 0 unspecified atom stereocenters. The number of halogens is 2. The quantitative estimate of drug-likeness (QED) is 0.299. The largest absolute Gasteiger partial charge is 0.476 e. The number of hydrogen-bond donors (Lipinski definition) is 2. The molecular formula is C26H29Cl2N3O2S. The fraction of sp³-hybridized carbons (Fsp3) is 0.269. The second-order valence-corrected chi connectivity index (χ2v) is 10.2. The number of nitrogens with zero attached hydrogens (tertiary/aromatic N) is 2. The van der Waals surface area contributed by atoms with E-state index in [1.807, 2.05) is 12.1 Å². The van der Waals surface area contributed by atoms with E-state index in [0.717, 1.165) is 45.3 Å². The molecule has 0 saturated carbocycles. The molecule has 2 aromatic carbocycles. The van der Waals surface area contributed by atoms with Crippen molar-refractivity contribution in [2.45, 2.75) is 40.7 Å². The Balaban J connectivity index is 0.00000204. The Morgan fingerprint density at radius 2 is 1.68 bits per heavy atom. The molecule has 2 heterocycles. The van der Waals surface area contributed by atoms with Gasteiger partial charge in [-0.3, -0.25) is 4.98 Å². The molecule has 5 nitrogen and oxygen atoms in total. The summed E-state index contributed by atoms with van der Waals surface area (Å²) in [5.74, 6) is -1.02. The number of carboxylic acids is 1. The summed E-state index contributed by atoms with van der Waals surface area (Å²) in [5, 5.41) is 12.5. The molecule has 0 atom stereocenters. The average molecular weight is 519 g/mol. The first-order chi connectivity index (χ1) is 15.2. The fourth-order valence-electron chi connectivity index (χ4n) is 3.91. The Labute approximate surface area is 216 Å². The first kappa shape index (κ1) is 27.7. The Morgan fingerprint density at radius 1 is 1.03 bits per heavy atom. The van der Waals surface area contributed by atoms with E-state index in [0.29, 0.717) is 11.6 Å². The average Bonchev–Trinajstić information content (AvgIpc) is 3.23. The van der Waals surface area contributed by atoms with Crippen LogP contribution in [0, 0.1) is 12.3 Å². The van der Waals surface area contributed by atoms with Gasteiger partial charge in [0.15, 0.2) is 5.69 Å². The third-order valence-electron chi connectivity index (χ3n) is 5.38. The van der Waals surface area contributed by atoms with Crippen molar-refractivity contribution < 1.29 is 9.90 Å². The van der Waals surface area contributed by atoms with Gasteiger partial charge in [0, 0.05) is 28.6 Å². The first-order valence-corrected chi connectivity index (χ1v) is 11.5. The number of thiazole rings is 1. The zero-order valence-corrected chi connectivity index (χ0v) is 22.0. The molecule has 180 valence electrons. The number of fused-ring (bicyclic) bond motifs is 1. The zero-order valence-electron chi connectivity index (χ0n) is 19.6. The maximum absolute atomic E-state index is 11.3. The molecule has 2 aromatic heterocycles. The molecule has 4 aromatic rings. The SMILES string of the molecule is Cc1ccc(-c2c(CN)c(CC(C)(C)C)nc3ccc(-c4nc(C(=O)O)cs4)cc23)cc1.Cl.Cl. The lowest BCUT2D eigenvalue weighted by Gasteiger charge is -2.23. The van der Waals surface area contributed by atoms with Crippen molar-refractivity contribution in [1.29, 1.82) is 0 Å². The molecule has 4 rings (SSSR count). The van der Waals surface area contributed by atoms with Gasteiger partial charge >= 0.3 is 5.97 Å². The van der Waals surface area contributed by atoms with Crippen LogP contribution in [0.2, 0.25) is 0 Å². The van der Waals surface area contributed by atoms with Gasteiger partial charge in [-0.25, -0.2) is 9.78 Å². The molecule has 34 heavy (non-hydrogen) atoms. The van der Waals surface area contributed by atoms with Crippen LogP contribution < -0.4 is 5.73 Å². The summed E-state index contributed by atoms with van der Waals surface area (Å²) in [4.78, 5) is 20.6. The highest BCUT2D eigenvalue weighted by Crippen LogP contribution is 2.37. The number of aryl methyl sites for hydroxylation is 1. The van der Waals surface area contributed by atoms with Crippen molar-refractivity contribution in [2.24, 2.45) is 11.1 Å². The lowest BCUT2D eigenvalue weighted by Crippen LogP contribution is -2.15. The lowest BCUT2D eigenvalue weighted by molar-refractivity contribution is 0.0691. The van der Waals surface area contributed by atoms with Crippen molar-refractivity contribution in [1.82, 2.24) is 9.97 Å². The van der Waals surface area contributed by atoms with Crippen LogP contribution in [0.5, 0.6) is 0 Å². The van der Waals surface area contributed by atoms with Crippen molar-refractivity contribution >= 4 is 53.0 Å². The summed E-state index contributed by atoms with van der Waals surface area (Å²) in [7, 11) is 0. The van der Waals surface area contributed by atoms with Crippen molar-refractivity contribution in [3.8, 4) is 21.7 Å². The molecule has 0 spiro atoms. The van der Waals surface area contributed by atoms with Crippen LogP contribution in [-0.2, 0) is 13.0 Å². The monoisotopic (exact) mass is 517 g/mol. The number of carbonyl (C=O) groups is 1. The number of benzene rings is 2. The van der Waals surface area contributed by atoms with Gasteiger partial charge in [-0.1, -0.05) is 50.6 Å². The van der Waals surface area contributed by atoms with E-state index in [-0.39, 0.29) is 35.9 Å². The van der Waals surface area contributed by atoms with E-state index >= 15 is 0 Å². The van der Waals surface area contributed by atoms with E-state index in [9.17, 15) is 9.90 Å². The Kier molecular flexibility index (Phi) is 8.83. The second-order valence-electron chi connectivity index (χ2n) is 9.29. The Morgan fingerprint density at radius 3 is 2.24 bits per heavy atom. The highest BCUT2D eigenvalue weighted by Gasteiger charge is 2.21. The van der Waals surface area contributed by atoms with Gasteiger partial charge in [0.2, 0.25) is 0 Å². The number of rotatable bonds is 5. The summed E-state index contributed by atoms with van der Waals surface area (Å²) in [6, 6.07) is 14.5. The van der Waals surface area contributed by atoms with Gasteiger partial charge < -0.3 is 10.8 Å².